The standard InChI is InChI=1S/C13H20N4O3/c1-12(2)5-8(12)9(18)13(10(19)16-14)4-3-7-6-17(13)11(20)15-7/h7-8H,3-6,14H2,1-2H3,(H,15,20)(H,16,19)/t7?,8-,13?/m0/s1. The highest BCUT2D eigenvalue weighted by molar-refractivity contribution is 6.15. The number of nitrogens with one attached hydrogen (secondary N) is 2. The summed E-state index contributed by atoms with van der Waals surface area (Å²) in [5.41, 5.74) is 0.571. The van der Waals surface area contributed by atoms with Gasteiger partial charge < -0.3 is 10.2 Å². The van der Waals surface area contributed by atoms with Crippen LogP contribution in [0.15, 0.2) is 0 Å². The molecular formula is C13H20N4O3. The van der Waals surface area contributed by atoms with Crippen LogP contribution in [0.1, 0.15) is 33.1 Å². The Labute approximate surface area is 117 Å². The van der Waals surface area contributed by atoms with Crippen LogP contribution in [-0.4, -0.2) is 40.7 Å². The highest BCUT2D eigenvalue weighted by Crippen LogP contribution is 2.55. The second-order valence-electron chi connectivity index (χ2n) is 6.74. The zero-order chi connectivity index (χ0) is 14.7. The topological polar surface area (TPSA) is 105 Å². The van der Waals surface area contributed by atoms with Gasteiger partial charge in [0.2, 0.25) is 0 Å². The van der Waals surface area contributed by atoms with Crippen molar-refractivity contribution in [1.82, 2.24) is 15.6 Å². The largest absolute Gasteiger partial charge is 0.333 e. The van der Waals surface area contributed by atoms with Crippen molar-refractivity contribution in [2.24, 2.45) is 17.2 Å². The first-order valence-corrected chi connectivity index (χ1v) is 6.96. The number of nitrogens with zero attached hydrogens (tertiary/aromatic N) is 1. The monoisotopic (exact) mass is 280 g/mol. The average Bonchev–Trinajstić information content (AvgIpc) is 2.94. The molecule has 3 aliphatic rings. The first-order chi connectivity index (χ1) is 9.33. The number of hydrazine groups is 1. The molecule has 3 rings (SSSR count). The van der Waals surface area contributed by atoms with E-state index in [1.807, 2.05) is 13.8 Å². The Balaban J connectivity index is 1.99. The van der Waals surface area contributed by atoms with Crippen molar-refractivity contribution in [2.75, 3.05) is 6.54 Å². The Bertz CT molecular complexity index is 504. The minimum Gasteiger partial charge on any atom is -0.333 e. The number of carbonyl (C=O) groups is 3. The van der Waals surface area contributed by atoms with E-state index in [2.05, 4.69) is 10.7 Å². The molecule has 0 spiro atoms. The van der Waals surface area contributed by atoms with Crippen molar-refractivity contribution in [3.8, 4) is 0 Å². The van der Waals surface area contributed by atoms with Gasteiger partial charge in [-0.05, 0) is 24.7 Å². The summed E-state index contributed by atoms with van der Waals surface area (Å²) in [5.74, 6) is 4.37. The number of piperidine rings is 1. The van der Waals surface area contributed by atoms with Crippen molar-refractivity contribution in [2.45, 2.75) is 44.7 Å². The molecule has 3 atom stereocenters. The second kappa shape index (κ2) is 3.94. The van der Waals surface area contributed by atoms with Crippen LogP contribution in [0.2, 0.25) is 0 Å². The Hall–Kier alpha value is -1.63. The number of Topliss-reactive ketones (excluding diaryl/α,β-unsaturated/α-hetero) is 1. The maximum atomic E-state index is 12.9. The predicted octanol–water partition coefficient (Wildman–Crippen LogP) is -0.482. The summed E-state index contributed by atoms with van der Waals surface area (Å²) in [7, 11) is 0. The van der Waals surface area contributed by atoms with Crippen molar-refractivity contribution < 1.29 is 14.4 Å². The molecule has 0 aromatic carbocycles. The molecule has 2 unspecified atom stereocenters. The third kappa shape index (κ3) is 1.59. The summed E-state index contributed by atoms with van der Waals surface area (Å²) in [6.07, 6.45) is 1.71. The number of fused-ring (bicyclic) bond motifs is 2. The second-order valence-corrected chi connectivity index (χ2v) is 6.74. The van der Waals surface area contributed by atoms with Crippen LogP contribution in [0.3, 0.4) is 0 Å². The zero-order valence-corrected chi connectivity index (χ0v) is 11.7. The third-order valence-corrected chi connectivity index (χ3v) is 5.04. The minimum atomic E-state index is -1.43. The van der Waals surface area contributed by atoms with E-state index >= 15 is 0 Å². The highest BCUT2D eigenvalue weighted by Gasteiger charge is 2.64. The number of hydrogen-bond donors (Lipinski definition) is 3. The Morgan fingerprint density at radius 1 is 1.45 bits per heavy atom. The molecule has 20 heavy (non-hydrogen) atoms. The molecule has 1 saturated carbocycles. The quantitative estimate of drug-likeness (QED) is 0.281. The molecule has 2 saturated heterocycles. The molecule has 0 radical (unpaired) electrons. The smallest absolute Gasteiger partial charge is 0.319 e. The van der Waals surface area contributed by atoms with Crippen LogP contribution < -0.4 is 16.6 Å². The molecule has 0 aromatic heterocycles. The molecule has 7 nitrogen and oxygen atoms in total. The Morgan fingerprint density at radius 3 is 2.65 bits per heavy atom. The van der Waals surface area contributed by atoms with Crippen molar-refractivity contribution >= 4 is 17.7 Å². The molecule has 2 heterocycles. The van der Waals surface area contributed by atoms with Crippen LogP contribution in [0.5, 0.6) is 0 Å². The van der Waals surface area contributed by atoms with Crippen molar-refractivity contribution in [3.63, 3.8) is 0 Å². The van der Waals surface area contributed by atoms with Gasteiger partial charge in [0.15, 0.2) is 11.3 Å². The van der Waals surface area contributed by atoms with Gasteiger partial charge in [0.05, 0.1) is 0 Å². The van der Waals surface area contributed by atoms with E-state index in [0.29, 0.717) is 19.4 Å². The normalized spacial score (nSPS) is 37.4. The molecule has 0 aromatic rings. The molecule has 4 N–H and O–H groups in total. The highest BCUT2D eigenvalue weighted by atomic mass is 16.2. The van der Waals surface area contributed by atoms with Crippen LogP contribution >= 0.6 is 0 Å². The summed E-state index contributed by atoms with van der Waals surface area (Å²) < 4.78 is 0. The van der Waals surface area contributed by atoms with Gasteiger partial charge in [-0.15, -0.1) is 0 Å². The SMILES string of the molecule is CC1(C)C[C@H]1C(=O)C1(C(=O)NN)CCC2CN1C(=O)N2. The van der Waals surface area contributed by atoms with E-state index in [1.165, 1.54) is 4.90 Å². The van der Waals surface area contributed by atoms with E-state index in [9.17, 15) is 14.4 Å². The maximum Gasteiger partial charge on any atom is 0.319 e. The predicted molar refractivity (Wildman–Crippen MR) is 70.2 cm³/mol. The van der Waals surface area contributed by atoms with Gasteiger partial charge in [-0.3, -0.25) is 15.0 Å². The number of carbonyl (C=O) groups excluding carboxylic acids is 3. The van der Waals surface area contributed by atoms with Crippen molar-refractivity contribution in [1.29, 1.82) is 0 Å². The molecule has 7 heteroatoms. The molecular weight excluding hydrogens is 260 g/mol. The lowest BCUT2D eigenvalue weighted by Crippen LogP contribution is -2.67. The summed E-state index contributed by atoms with van der Waals surface area (Å²) in [5, 5.41) is 2.80. The van der Waals surface area contributed by atoms with E-state index in [4.69, 9.17) is 5.84 Å². The number of ketones is 1. The fourth-order valence-electron chi connectivity index (χ4n) is 3.54. The van der Waals surface area contributed by atoms with E-state index in [1.54, 1.807) is 0 Å². The van der Waals surface area contributed by atoms with E-state index in [-0.39, 0.29) is 29.2 Å². The summed E-state index contributed by atoms with van der Waals surface area (Å²) in [4.78, 5) is 38.6. The number of rotatable bonds is 3. The van der Waals surface area contributed by atoms with Crippen LogP contribution in [0.25, 0.3) is 0 Å². The Kier molecular flexibility index (Phi) is 2.63. The van der Waals surface area contributed by atoms with Gasteiger partial charge >= 0.3 is 6.03 Å². The average molecular weight is 280 g/mol. The number of amides is 3. The number of urea groups is 1. The van der Waals surface area contributed by atoms with Gasteiger partial charge in [-0.1, -0.05) is 13.8 Å². The molecule has 2 bridgehead atoms. The molecule has 2 aliphatic heterocycles. The lowest BCUT2D eigenvalue weighted by molar-refractivity contribution is -0.146. The van der Waals surface area contributed by atoms with Crippen LogP contribution in [0.4, 0.5) is 4.79 Å². The van der Waals surface area contributed by atoms with Gasteiger partial charge in [-0.2, -0.15) is 0 Å². The fraction of sp³-hybridized carbons (Fsp3) is 0.769. The molecule has 3 amide bonds. The van der Waals surface area contributed by atoms with Gasteiger partial charge in [0, 0.05) is 18.5 Å². The van der Waals surface area contributed by atoms with Gasteiger partial charge in [0.1, 0.15) is 0 Å². The van der Waals surface area contributed by atoms with Crippen LogP contribution in [0, 0.1) is 11.3 Å². The lowest BCUT2D eigenvalue weighted by atomic mass is 9.79. The summed E-state index contributed by atoms with van der Waals surface area (Å²) in [6, 6.07) is -0.316. The molecule has 110 valence electrons. The zero-order valence-electron chi connectivity index (χ0n) is 11.7. The number of hydrogen-bond acceptors (Lipinski definition) is 4. The first-order valence-electron chi connectivity index (χ1n) is 6.96. The lowest BCUT2D eigenvalue weighted by Gasteiger charge is -2.41. The first kappa shape index (κ1) is 13.4. The van der Waals surface area contributed by atoms with Crippen LogP contribution in [-0.2, 0) is 9.59 Å². The van der Waals surface area contributed by atoms with Gasteiger partial charge in [-0.25, -0.2) is 10.6 Å². The van der Waals surface area contributed by atoms with Crippen molar-refractivity contribution in [3.05, 3.63) is 0 Å². The number of nitrogens with two attached hydrogens (primary N) is 1. The Morgan fingerprint density at radius 2 is 2.10 bits per heavy atom. The molecule has 3 fully saturated rings. The fourth-order valence-corrected chi connectivity index (χ4v) is 3.54. The summed E-state index contributed by atoms with van der Waals surface area (Å²) >= 11 is 0. The van der Waals surface area contributed by atoms with E-state index < -0.39 is 11.4 Å². The maximum absolute atomic E-state index is 12.9. The van der Waals surface area contributed by atoms with Gasteiger partial charge in [0.25, 0.3) is 5.91 Å². The molecule has 1 aliphatic carbocycles. The summed E-state index contributed by atoms with van der Waals surface area (Å²) in [6.45, 7) is 4.39. The van der Waals surface area contributed by atoms with E-state index in [0.717, 1.165) is 6.42 Å². The minimum absolute atomic E-state index is 0.0289. The third-order valence-electron chi connectivity index (χ3n) is 5.04.